The van der Waals surface area contributed by atoms with Gasteiger partial charge in [-0.3, -0.25) is 0 Å². The summed E-state index contributed by atoms with van der Waals surface area (Å²) in [5.74, 6) is 0.569. The number of benzene rings is 1. The van der Waals surface area contributed by atoms with Crippen molar-refractivity contribution in [2.24, 2.45) is 0 Å². The van der Waals surface area contributed by atoms with E-state index in [4.69, 9.17) is 16.0 Å². The second-order valence-corrected chi connectivity index (χ2v) is 4.59. The van der Waals surface area contributed by atoms with Gasteiger partial charge in [0.2, 0.25) is 5.89 Å². The van der Waals surface area contributed by atoms with E-state index in [0.717, 1.165) is 15.7 Å². The van der Waals surface area contributed by atoms with Gasteiger partial charge in [-0.2, -0.15) is 0 Å². The van der Waals surface area contributed by atoms with Gasteiger partial charge in [0.15, 0.2) is 0 Å². The largest absolute Gasteiger partial charge is 0.444 e. The lowest BCUT2D eigenvalue weighted by atomic mass is 10.2. The van der Waals surface area contributed by atoms with Crippen LogP contribution in [0.1, 0.15) is 5.69 Å². The topological polar surface area (TPSA) is 38.1 Å². The average molecular weight is 302 g/mol. The van der Waals surface area contributed by atoms with Gasteiger partial charge in [0, 0.05) is 16.0 Å². The molecule has 5 heteroatoms. The minimum atomic E-state index is 0.569. The Hall–Kier alpha value is -0.840. The van der Waals surface area contributed by atoms with Crippen molar-refractivity contribution in [2.45, 2.75) is 6.54 Å². The number of aromatic nitrogens is 1. The van der Waals surface area contributed by atoms with Gasteiger partial charge < -0.3 is 9.73 Å². The zero-order valence-corrected chi connectivity index (χ0v) is 11.0. The molecular weight excluding hydrogens is 291 g/mol. The SMILES string of the molecule is CNCc1coc(-c2cc(Cl)ccc2Br)n1. The van der Waals surface area contributed by atoms with Crippen LogP contribution < -0.4 is 5.32 Å². The van der Waals surface area contributed by atoms with E-state index < -0.39 is 0 Å². The smallest absolute Gasteiger partial charge is 0.227 e. The van der Waals surface area contributed by atoms with Gasteiger partial charge in [0.05, 0.1) is 11.3 Å². The van der Waals surface area contributed by atoms with E-state index in [0.29, 0.717) is 17.5 Å². The molecule has 0 bridgehead atoms. The predicted molar refractivity (Wildman–Crippen MR) is 67.4 cm³/mol. The molecule has 1 heterocycles. The first-order chi connectivity index (χ1) is 7.70. The molecule has 0 unspecified atom stereocenters. The van der Waals surface area contributed by atoms with Crippen molar-refractivity contribution >= 4 is 27.5 Å². The Kier molecular flexibility index (Phi) is 3.63. The van der Waals surface area contributed by atoms with Gasteiger partial charge in [-0.25, -0.2) is 4.98 Å². The van der Waals surface area contributed by atoms with E-state index in [-0.39, 0.29) is 0 Å². The second-order valence-electron chi connectivity index (χ2n) is 3.30. The van der Waals surface area contributed by atoms with Gasteiger partial charge in [-0.1, -0.05) is 11.6 Å². The fraction of sp³-hybridized carbons (Fsp3) is 0.182. The first-order valence-electron chi connectivity index (χ1n) is 4.75. The Balaban J connectivity index is 2.38. The normalized spacial score (nSPS) is 10.7. The average Bonchev–Trinajstić information content (AvgIpc) is 2.71. The number of rotatable bonds is 3. The summed E-state index contributed by atoms with van der Waals surface area (Å²) in [7, 11) is 1.86. The molecule has 1 aromatic carbocycles. The highest BCUT2D eigenvalue weighted by Gasteiger charge is 2.10. The van der Waals surface area contributed by atoms with Gasteiger partial charge in [-0.05, 0) is 41.2 Å². The lowest BCUT2D eigenvalue weighted by Crippen LogP contribution is -2.04. The van der Waals surface area contributed by atoms with E-state index in [1.54, 1.807) is 6.26 Å². The summed E-state index contributed by atoms with van der Waals surface area (Å²) in [6.45, 7) is 0.682. The Bertz CT molecular complexity index is 498. The molecule has 0 amide bonds. The molecule has 0 atom stereocenters. The summed E-state index contributed by atoms with van der Waals surface area (Å²) < 4.78 is 6.31. The molecule has 0 fully saturated rings. The summed E-state index contributed by atoms with van der Waals surface area (Å²) >= 11 is 9.37. The fourth-order valence-corrected chi connectivity index (χ4v) is 1.94. The molecule has 0 spiro atoms. The van der Waals surface area contributed by atoms with E-state index in [2.05, 4.69) is 26.2 Å². The third-order valence-corrected chi connectivity index (χ3v) is 3.00. The van der Waals surface area contributed by atoms with Crippen LogP contribution in [0.2, 0.25) is 5.02 Å². The standard InChI is InChI=1S/C11H10BrClN2O/c1-14-5-8-6-16-11(15-8)9-4-7(13)2-3-10(9)12/h2-4,6,14H,5H2,1H3. The first kappa shape index (κ1) is 11.6. The lowest BCUT2D eigenvalue weighted by molar-refractivity contribution is 0.571. The quantitative estimate of drug-likeness (QED) is 0.943. The van der Waals surface area contributed by atoms with Crippen LogP contribution in [0.4, 0.5) is 0 Å². The van der Waals surface area contributed by atoms with Crippen LogP contribution in [0.5, 0.6) is 0 Å². The fourth-order valence-electron chi connectivity index (χ4n) is 1.35. The third-order valence-electron chi connectivity index (χ3n) is 2.07. The highest BCUT2D eigenvalue weighted by Crippen LogP contribution is 2.30. The Morgan fingerprint density at radius 2 is 2.31 bits per heavy atom. The molecule has 1 aromatic heterocycles. The zero-order chi connectivity index (χ0) is 11.5. The maximum Gasteiger partial charge on any atom is 0.227 e. The van der Waals surface area contributed by atoms with E-state index in [9.17, 15) is 0 Å². The first-order valence-corrected chi connectivity index (χ1v) is 5.92. The van der Waals surface area contributed by atoms with Gasteiger partial charge in [-0.15, -0.1) is 0 Å². The van der Waals surface area contributed by atoms with Crippen molar-refractivity contribution in [1.82, 2.24) is 10.3 Å². The summed E-state index contributed by atoms with van der Waals surface area (Å²) in [5, 5.41) is 3.67. The molecule has 0 saturated carbocycles. The molecule has 0 saturated heterocycles. The Morgan fingerprint density at radius 3 is 3.06 bits per heavy atom. The second kappa shape index (κ2) is 4.99. The number of nitrogens with zero attached hydrogens (tertiary/aromatic N) is 1. The van der Waals surface area contributed by atoms with E-state index in [1.807, 2.05) is 25.2 Å². The van der Waals surface area contributed by atoms with Crippen LogP contribution in [0.15, 0.2) is 33.4 Å². The third kappa shape index (κ3) is 2.45. The molecule has 3 nitrogen and oxygen atoms in total. The van der Waals surface area contributed by atoms with Gasteiger partial charge >= 0.3 is 0 Å². The molecule has 16 heavy (non-hydrogen) atoms. The summed E-state index contributed by atoms with van der Waals surface area (Å²) in [4.78, 5) is 4.35. The Labute approximate surface area is 107 Å². The molecule has 0 radical (unpaired) electrons. The molecule has 0 aliphatic rings. The van der Waals surface area contributed by atoms with Crippen LogP contribution in [0.25, 0.3) is 11.5 Å². The molecule has 84 valence electrons. The van der Waals surface area contributed by atoms with Gasteiger partial charge in [0.25, 0.3) is 0 Å². The van der Waals surface area contributed by atoms with E-state index in [1.165, 1.54) is 0 Å². The zero-order valence-electron chi connectivity index (χ0n) is 8.63. The predicted octanol–water partition coefficient (Wildman–Crippen LogP) is 3.48. The number of nitrogens with one attached hydrogen (secondary N) is 1. The van der Waals surface area contributed by atoms with Crippen LogP contribution in [-0.2, 0) is 6.54 Å². The molecule has 2 rings (SSSR count). The maximum absolute atomic E-state index is 5.93. The highest BCUT2D eigenvalue weighted by molar-refractivity contribution is 9.10. The van der Waals surface area contributed by atoms with Crippen molar-refractivity contribution < 1.29 is 4.42 Å². The molecular formula is C11H10BrClN2O. The van der Waals surface area contributed by atoms with Crippen molar-refractivity contribution in [1.29, 1.82) is 0 Å². The summed E-state index contributed by atoms with van der Waals surface area (Å²) in [6.07, 6.45) is 1.64. The minimum absolute atomic E-state index is 0.569. The number of oxazole rings is 1. The van der Waals surface area contributed by atoms with Crippen molar-refractivity contribution in [3.8, 4) is 11.5 Å². The molecule has 0 aliphatic heterocycles. The number of halogens is 2. The number of hydrogen-bond acceptors (Lipinski definition) is 3. The molecule has 2 aromatic rings. The lowest BCUT2D eigenvalue weighted by Gasteiger charge is -1.99. The monoisotopic (exact) mass is 300 g/mol. The van der Waals surface area contributed by atoms with Crippen LogP contribution in [0.3, 0.4) is 0 Å². The van der Waals surface area contributed by atoms with Crippen LogP contribution in [-0.4, -0.2) is 12.0 Å². The van der Waals surface area contributed by atoms with Crippen LogP contribution in [0, 0.1) is 0 Å². The van der Waals surface area contributed by atoms with Crippen molar-refractivity contribution in [3.63, 3.8) is 0 Å². The molecule has 1 N–H and O–H groups in total. The maximum atomic E-state index is 5.93. The summed E-state index contributed by atoms with van der Waals surface area (Å²) in [5.41, 5.74) is 1.72. The minimum Gasteiger partial charge on any atom is -0.444 e. The van der Waals surface area contributed by atoms with Crippen molar-refractivity contribution in [2.75, 3.05) is 7.05 Å². The van der Waals surface area contributed by atoms with Crippen molar-refractivity contribution in [3.05, 3.63) is 39.7 Å². The van der Waals surface area contributed by atoms with Gasteiger partial charge in [0.1, 0.15) is 6.26 Å². The highest BCUT2D eigenvalue weighted by atomic mass is 79.9. The molecule has 0 aliphatic carbocycles. The number of hydrogen-bond donors (Lipinski definition) is 1. The Morgan fingerprint density at radius 1 is 1.50 bits per heavy atom. The summed E-state index contributed by atoms with van der Waals surface area (Å²) in [6, 6.07) is 5.51. The van der Waals surface area contributed by atoms with Crippen LogP contribution >= 0.6 is 27.5 Å². The van der Waals surface area contributed by atoms with E-state index >= 15 is 0 Å².